The van der Waals surface area contributed by atoms with Crippen molar-refractivity contribution in [1.29, 1.82) is 0 Å². The molecule has 33 heavy (non-hydrogen) atoms. The van der Waals surface area contributed by atoms with Crippen LogP contribution in [-0.4, -0.2) is 74.6 Å². The number of anilines is 3. The molecule has 2 amide bonds. The van der Waals surface area contributed by atoms with Crippen LogP contribution < -0.4 is 20.0 Å². The van der Waals surface area contributed by atoms with Gasteiger partial charge in [-0.25, -0.2) is 4.98 Å². The van der Waals surface area contributed by atoms with Gasteiger partial charge >= 0.3 is 0 Å². The molecule has 2 aliphatic rings. The Balaban J connectivity index is 1.56. The van der Waals surface area contributed by atoms with Crippen LogP contribution in [0.3, 0.4) is 0 Å². The number of amides is 2. The summed E-state index contributed by atoms with van der Waals surface area (Å²) in [6.07, 6.45) is 1.65. The normalized spacial score (nSPS) is 17.6. The van der Waals surface area contributed by atoms with Crippen molar-refractivity contribution >= 4 is 46.4 Å². The maximum absolute atomic E-state index is 12.0. The number of thioether (sulfide) groups is 1. The Bertz CT molecular complexity index is 1050. The smallest absolute Gasteiger partial charge is 0.290 e. The van der Waals surface area contributed by atoms with E-state index in [1.807, 2.05) is 18.0 Å². The lowest BCUT2D eigenvalue weighted by Gasteiger charge is -2.36. The predicted molar refractivity (Wildman–Crippen MR) is 132 cm³/mol. The van der Waals surface area contributed by atoms with Gasteiger partial charge in [0.25, 0.3) is 11.1 Å². The first-order valence-corrected chi connectivity index (χ1v) is 11.6. The summed E-state index contributed by atoms with van der Waals surface area (Å²) < 4.78 is 5.20. The number of methoxy groups -OCH3 is 1. The van der Waals surface area contributed by atoms with E-state index in [-0.39, 0.29) is 5.24 Å². The molecular formula is C23H28N6O3S. The van der Waals surface area contributed by atoms with Crippen molar-refractivity contribution in [3.63, 3.8) is 0 Å². The monoisotopic (exact) mass is 468 g/mol. The highest BCUT2D eigenvalue weighted by molar-refractivity contribution is 8.18. The van der Waals surface area contributed by atoms with E-state index in [0.717, 1.165) is 43.8 Å². The first-order valence-electron chi connectivity index (χ1n) is 10.8. The second-order valence-corrected chi connectivity index (χ2v) is 9.04. The highest BCUT2D eigenvalue weighted by atomic mass is 32.2. The highest BCUT2D eigenvalue weighted by Gasteiger charge is 2.26. The summed E-state index contributed by atoms with van der Waals surface area (Å²) in [6, 6.07) is 10.4. The van der Waals surface area contributed by atoms with E-state index in [1.54, 1.807) is 13.2 Å². The molecule has 2 saturated heterocycles. The first kappa shape index (κ1) is 23.1. The number of likely N-dealkylation sites (N-methyl/N-ethyl adjacent to an activating group) is 1. The van der Waals surface area contributed by atoms with E-state index >= 15 is 0 Å². The minimum atomic E-state index is -0.397. The van der Waals surface area contributed by atoms with Gasteiger partial charge in [0.1, 0.15) is 5.82 Å². The summed E-state index contributed by atoms with van der Waals surface area (Å²) in [5, 5.41) is 1.91. The molecule has 10 heteroatoms. The van der Waals surface area contributed by atoms with Crippen LogP contribution in [0.1, 0.15) is 11.3 Å². The van der Waals surface area contributed by atoms with E-state index in [9.17, 15) is 9.59 Å². The van der Waals surface area contributed by atoms with Gasteiger partial charge in [-0.2, -0.15) is 4.98 Å². The average molecular weight is 469 g/mol. The van der Waals surface area contributed by atoms with Gasteiger partial charge in [-0.05, 0) is 36.9 Å². The molecule has 2 aromatic rings. The van der Waals surface area contributed by atoms with Crippen LogP contribution in [0.15, 0.2) is 35.2 Å². The molecule has 1 aromatic heterocycles. The standard InChI is InChI=1S/C23H28N6O3S/c1-16-4-6-18(7-5-16)28-8-10-29(11-9-28)22-24-17(14-19-21(30)26-23(31)33-19)15-20(25-22)27(2)12-13-32-3/h4-7,14-15H,8-13H2,1-3H3,(H,26,30,31)/b19-14+. The lowest BCUT2D eigenvalue weighted by atomic mass is 10.2. The topological polar surface area (TPSA) is 90.9 Å². The van der Waals surface area contributed by atoms with Gasteiger partial charge in [-0.3, -0.25) is 14.9 Å². The van der Waals surface area contributed by atoms with Gasteiger partial charge in [-0.15, -0.1) is 0 Å². The van der Waals surface area contributed by atoms with Gasteiger partial charge < -0.3 is 19.4 Å². The Morgan fingerprint density at radius 1 is 1.12 bits per heavy atom. The Morgan fingerprint density at radius 3 is 2.45 bits per heavy atom. The molecule has 1 aromatic carbocycles. The van der Waals surface area contributed by atoms with Crippen molar-refractivity contribution in [2.24, 2.45) is 0 Å². The van der Waals surface area contributed by atoms with Crippen LogP contribution in [0.4, 0.5) is 22.2 Å². The van der Waals surface area contributed by atoms with Gasteiger partial charge in [-0.1, -0.05) is 17.7 Å². The van der Waals surface area contributed by atoms with Crippen molar-refractivity contribution in [3.05, 3.63) is 46.5 Å². The number of hydrogen-bond acceptors (Lipinski definition) is 9. The number of aromatic nitrogens is 2. The number of ether oxygens (including phenoxy) is 1. The van der Waals surface area contributed by atoms with Crippen molar-refractivity contribution in [2.45, 2.75) is 6.92 Å². The van der Waals surface area contributed by atoms with E-state index in [0.29, 0.717) is 29.7 Å². The van der Waals surface area contributed by atoms with Gasteiger partial charge in [0.15, 0.2) is 0 Å². The Morgan fingerprint density at radius 2 is 1.82 bits per heavy atom. The second kappa shape index (κ2) is 10.2. The zero-order valence-electron chi connectivity index (χ0n) is 19.1. The van der Waals surface area contributed by atoms with Crippen LogP contribution in [0.5, 0.6) is 0 Å². The molecule has 0 bridgehead atoms. The minimum Gasteiger partial charge on any atom is -0.383 e. The lowest BCUT2D eigenvalue weighted by Crippen LogP contribution is -2.47. The van der Waals surface area contributed by atoms with Crippen LogP contribution in [0.25, 0.3) is 6.08 Å². The SMILES string of the molecule is COCCN(C)c1cc(/C=C2/SC(=O)NC2=O)nc(N2CCN(c3ccc(C)cc3)CC2)n1. The number of nitrogens with zero attached hydrogens (tertiary/aromatic N) is 5. The molecule has 9 nitrogen and oxygen atoms in total. The van der Waals surface area contributed by atoms with E-state index < -0.39 is 5.91 Å². The molecule has 2 fully saturated rings. The number of carbonyl (C=O) groups excluding carboxylic acids is 2. The molecule has 3 heterocycles. The summed E-state index contributed by atoms with van der Waals surface area (Å²) in [4.78, 5) is 39.9. The highest BCUT2D eigenvalue weighted by Crippen LogP contribution is 2.27. The number of imide groups is 1. The third-order valence-electron chi connectivity index (χ3n) is 5.63. The van der Waals surface area contributed by atoms with Gasteiger partial charge in [0.2, 0.25) is 5.95 Å². The molecule has 0 radical (unpaired) electrons. The number of rotatable bonds is 7. The number of hydrogen-bond donors (Lipinski definition) is 1. The zero-order valence-corrected chi connectivity index (χ0v) is 19.9. The van der Waals surface area contributed by atoms with E-state index in [4.69, 9.17) is 14.7 Å². The fourth-order valence-electron chi connectivity index (χ4n) is 3.67. The number of aryl methyl sites for hydroxylation is 1. The molecule has 1 N–H and O–H groups in total. The quantitative estimate of drug-likeness (QED) is 0.616. The molecular weight excluding hydrogens is 440 g/mol. The third kappa shape index (κ3) is 5.63. The molecule has 0 atom stereocenters. The fourth-order valence-corrected chi connectivity index (χ4v) is 4.34. The summed E-state index contributed by atoms with van der Waals surface area (Å²) >= 11 is 0.884. The minimum absolute atomic E-state index is 0.333. The van der Waals surface area contributed by atoms with Crippen molar-refractivity contribution in [1.82, 2.24) is 15.3 Å². The molecule has 0 unspecified atom stereocenters. The van der Waals surface area contributed by atoms with Gasteiger partial charge in [0, 0.05) is 58.6 Å². The summed E-state index contributed by atoms with van der Waals surface area (Å²) in [7, 11) is 3.60. The maximum Gasteiger partial charge on any atom is 0.290 e. The van der Waals surface area contributed by atoms with Crippen molar-refractivity contribution in [2.75, 3.05) is 68.2 Å². The Labute approximate surface area is 197 Å². The Hall–Kier alpha value is -3.11. The predicted octanol–water partition coefficient (Wildman–Crippen LogP) is 2.52. The number of piperazine rings is 1. The number of nitrogens with one attached hydrogen (secondary N) is 1. The number of benzene rings is 1. The van der Waals surface area contributed by atoms with Crippen LogP contribution >= 0.6 is 11.8 Å². The summed E-state index contributed by atoms with van der Waals surface area (Å²) in [5.41, 5.74) is 3.05. The average Bonchev–Trinajstić information content (AvgIpc) is 3.14. The van der Waals surface area contributed by atoms with E-state index in [1.165, 1.54) is 11.3 Å². The lowest BCUT2D eigenvalue weighted by molar-refractivity contribution is -0.115. The molecule has 0 spiro atoms. The molecule has 4 rings (SSSR count). The number of carbonyl (C=O) groups is 2. The van der Waals surface area contributed by atoms with Crippen LogP contribution in [-0.2, 0) is 9.53 Å². The first-order chi connectivity index (χ1) is 15.9. The summed E-state index contributed by atoms with van der Waals surface area (Å²) in [6.45, 7) is 6.60. The van der Waals surface area contributed by atoms with Gasteiger partial charge in [0.05, 0.1) is 17.2 Å². The molecule has 0 aliphatic carbocycles. The van der Waals surface area contributed by atoms with Crippen LogP contribution in [0.2, 0.25) is 0 Å². The molecule has 0 saturated carbocycles. The molecule has 2 aliphatic heterocycles. The second-order valence-electron chi connectivity index (χ2n) is 8.03. The molecule has 174 valence electrons. The summed E-state index contributed by atoms with van der Waals surface area (Å²) in [5.74, 6) is 0.952. The van der Waals surface area contributed by atoms with Crippen molar-refractivity contribution < 1.29 is 14.3 Å². The zero-order chi connectivity index (χ0) is 23.4. The maximum atomic E-state index is 12.0. The third-order valence-corrected chi connectivity index (χ3v) is 6.44. The van der Waals surface area contributed by atoms with E-state index in [2.05, 4.69) is 46.3 Å². The fraction of sp³-hybridized carbons (Fsp3) is 0.391. The van der Waals surface area contributed by atoms with Crippen LogP contribution in [0, 0.1) is 6.92 Å². The Kier molecular flexibility index (Phi) is 7.14. The largest absolute Gasteiger partial charge is 0.383 e. The van der Waals surface area contributed by atoms with Crippen molar-refractivity contribution in [3.8, 4) is 0 Å².